The first kappa shape index (κ1) is 13.5. The number of carbonyl (C=O) groups excluding carboxylic acids is 1. The van der Waals surface area contributed by atoms with E-state index >= 15 is 0 Å². The van der Waals surface area contributed by atoms with Crippen molar-refractivity contribution < 1.29 is 9.32 Å². The maximum absolute atomic E-state index is 12.5. The van der Waals surface area contributed by atoms with Gasteiger partial charge in [-0.1, -0.05) is 5.16 Å². The van der Waals surface area contributed by atoms with Gasteiger partial charge in [0, 0.05) is 25.7 Å². The topological polar surface area (TPSA) is 84.2 Å². The first-order chi connectivity index (χ1) is 10.2. The van der Waals surface area contributed by atoms with E-state index in [0.717, 1.165) is 24.4 Å². The fourth-order valence-electron chi connectivity index (χ4n) is 2.68. The number of aromatic nitrogens is 3. The molecule has 2 aromatic rings. The summed E-state index contributed by atoms with van der Waals surface area (Å²) < 4.78 is 4.76. The molecule has 1 saturated heterocycles. The molecule has 0 aromatic carbocycles. The maximum Gasteiger partial charge on any atom is 0.276 e. The molecule has 0 radical (unpaired) electrons. The molecule has 0 bridgehead atoms. The second-order valence-electron chi connectivity index (χ2n) is 5.02. The van der Waals surface area contributed by atoms with E-state index in [1.165, 1.54) is 6.26 Å². The zero-order valence-electron chi connectivity index (χ0n) is 12.0. The number of anilines is 1. The van der Waals surface area contributed by atoms with E-state index in [4.69, 9.17) is 4.52 Å². The van der Waals surface area contributed by atoms with E-state index in [2.05, 4.69) is 20.4 Å². The van der Waals surface area contributed by atoms with Crippen LogP contribution in [-0.4, -0.2) is 39.5 Å². The van der Waals surface area contributed by atoms with Crippen LogP contribution in [0.25, 0.3) is 0 Å². The van der Waals surface area contributed by atoms with E-state index in [0.29, 0.717) is 18.1 Å². The number of aryl methyl sites for hydroxylation is 1. The number of hydrogen-bond acceptors (Lipinski definition) is 6. The summed E-state index contributed by atoms with van der Waals surface area (Å²) in [6, 6.07) is 3.44. The van der Waals surface area contributed by atoms with Crippen LogP contribution in [0.1, 0.15) is 40.9 Å². The van der Waals surface area contributed by atoms with Crippen molar-refractivity contribution in [3.8, 4) is 0 Å². The van der Waals surface area contributed by atoms with Gasteiger partial charge in [-0.25, -0.2) is 9.97 Å². The Hall–Kier alpha value is -2.44. The molecule has 21 heavy (non-hydrogen) atoms. The molecule has 1 fully saturated rings. The molecule has 0 aliphatic carbocycles. The Balaban J connectivity index is 1.90. The van der Waals surface area contributed by atoms with Crippen molar-refractivity contribution in [2.45, 2.75) is 25.8 Å². The summed E-state index contributed by atoms with van der Waals surface area (Å²) in [7, 11) is 1.82. The van der Waals surface area contributed by atoms with Crippen LogP contribution >= 0.6 is 0 Å². The summed E-state index contributed by atoms with van der Waals surface area (Å²) in [6.07, 6.45) is 3.25. The third-order valence-corrected chi connectivity index (χ3v) is 3.63. The minimum atomic E-state index is -0.117. The number of rotatable bonds is 3. The van der Waals surface area contributed by atoms with Gasteiger partial charge in [0.1, 0.15) is 17.9 Å². The molecular formula is C14H17N5O2. The van der Waals surface area contributed by atoms with E-state index in [1.807, 2.05) is 20.0 Å². The highest BCUT2D eigenvalue weighted by molar-refractivity contribution is 5.92. The molecule has 7 heteroatoms. The fraction of sp³-hybridized carbons (Fsp3) is 0.429. The van der Waals surface area contributed by atoms with Gasteiger partial charge in [-0.2, -0.15) is 0 Å². The predicted octanol–water partition coefficient (Wildman–Crippen LogP) is 1.79. The average molecular weight is 287 g/mol. The van der Waals surface area contributed by atoms with Crippen molar-refractivity contribution in [2.24, 2.45) is 0 Å². The summed E-state index contributed by atoms with van der Waals surface area (Å²) in [4.78, 5) is 23.1. The van der Waals surface area contributed by atoms with Gasteiger partial charge in [0.15, 0.2) is 5.69 Å². The van der Waals surface area contributed by atoms with Crippen molar-refractivity contribution in [2.75, 3.05) is 18.9 Å². The van der Waals surface area contributed by atoms with Crippen molar-refractivity contribution in [3.05, 3.63) is 35.6 Å². The predicted molar refractivity (Wildman–Crippen MR) is 75.8 cm³/mol. The molecule has 2 aromatic heterocycles. The number of likely N-dealkylation sites (tertiary alicyclic amines) is 1. The monoisotopic (exact) mass is 287 g/mol. The quantitative estimate of drug-likeness (QED) is 0.926. The Labute approximate surface area is 122 Å². The van der Waals surface area contributed by atoms with Crippen molar-refractivity contribution in [1.29, 1.82) is 0 Å². The summed E-state index contributed by atoms with van der Waals surface area (Å²) in [6.45, 7) is 2.55. The van der Waals surface area contributed by atoms with Gasteiger partial charge in [-0.15, -0.1) is 0 Å². The molecular weight excluding hydrogens is 270 g/mol. The zero-order valence-corrected chi connectivity index (χ0v) is 12.0. The molecule has 1 aliphatic rings. The van der Waals surface area contributed by atoms with E-state index in [1.54, 1.807) is 11.0 Å². The summed E-state index contributed by atoms with van der Waals surface area (Å²) in [5.41, 5.74) is 1.20. The summed E-state index contributed by atoms with van der Waals surface area (Å²) in [5, 5.41) is 6.75. The molecule has 1 N–H and O–H groups in total. The number of nitrogens with zero attached hydrogens (tertiary/aromatic N) is 4. The van der Waals surface area contributed by atoms with Gasteiger partial charge >= 0.3 is 0 Å². The Morgan fingerprint density at radius 3 is 3.05 bits per heavy atom. The normalized spacial score (nSPS) is 18.0. The third-order valence-electron chi connectivity index (χ3n) is 3.63. The molecule has 1 amide bonds. The highest BCUT2D eigenvalue weighted by Gasteiger charge is 2.33. The van der Waals surface area contributed by atoms with Crippen LogP contribution in [0.4, 0.5) is 5.82 Å². The summed E-state index contributed by atoms with van der Waals surface area (Å²) >= 11 is 0. The average Bonchev–Trinajstić information content (AvgIpc) is 3.17. The minimum absolute atomic E-state index is 0.0389. The zero-order chi connectivity index (χ0) is 14.8. The lowest BCUT2D eigenvalue weighted by molar-refractivity contribution is 0.0722. The first-order valence-corrected chi connectivity index (χ1v) is 6.93. The largest absolute Gasteiger partial charge is 0.373 e. The van der Waals surface area contributed by atoms with Gasteiger partial charge in [-0.3, -0.25) is 4.79 Å². The highest BCUT2D eigenvalue weighted by Crippen LogP contribution is 2.32. The van der Waals surface area contributed by atoms with Crippen LogP contribution in [0, 0.1) is 6.92 Å². The lowest BCUT2D eigenvalue weighted by atomic mass is 10.1. The highest BCUT2D eigenvalue weighted by atomic mass is 16.5. The maximum atomic E-state index is 12.5. The second-order valence-corrected chi connectivity index (χ2v) is 5.02. The van der Waals surface area contributed by atoms with E-state index in [9.17, 15) is 4.79 Å². The number of hydrogen-bond donors (Lipinski definition) is 1. The van der Waals surface area contributed by atoms with Crippen LogP contribution in [0.2, 0.25) is 0 Å². The van der Waals surface area contributed by atoms with Gasteiger partial charge in [0.25, 0.3) is 5.91 Å². The Morgan fingerprint density at radius 1 is 1.48 bits per heavy atom. The third kappa shape index (κ3) is 2.58. The van der Waals surface area contributed by atoms with Gasteiger partial charge in [0.05, 0.1) is 11.7 Å². The van der Waals surface area contributed by atoms with Gasteiger partial charge < -0.3 is 14.7 Å². The first-order valence-electron chi connectivity index (χ1n) is 6.93. The van der Waals surface area contributed by atoms with Crippen LogP contribution in [0.5, 0.6) is 0 Å². The Kier molecular flexibility index (Phi) is 3.55. The molecule has 1 atom stereocenters. The van der Waals surface area contributed by atoms with E-state index in [-0.39, 0.29) is 11.9 Å². The van der Waals surface area contributed by atoms with Crippen LogP contribution in [-0.2, 0) is 0 Å². The van der Waals surface area contributed by atoms with Crippen molar-refractivity contribution in [1.82, 2.24) is 20.0 Å². The summed E-state index contributed by atoms with van der Waals surface area (Å²) in [5.74, 6) is 1.34. The molecule has 3 heterocycles. The second kappa shape index (κ2) is 5.51. The molecule has 1 aliphatic heterocycles. The number of amides is 1. The van der Waals surface area contributed by atoms with Crippen molar-refractivity contribution >= 4 is 11.7 Å². The molecule has 7 nitrogen and oxygen atoms in total. The standard InChI is InChI=1S/C14H17N5O2/c1-9-16-11(8-13(15-2)17-9)12-4-3-6-19(12)14(20)10-5-7-21-18-10/h5,7-8,12H,3-4,6H2,1-2H3,(H,15,16,17)/t12-/m1/s1. The Morgan fingerprint density at radius 2 is 2.33 bits per heavy atom. The van der Waals surface area contributed by atoms with E-state index < -0.39 is 0 Å². The van der Waals surface area contributed by atoms with Crippen LogP contribution in [0.3, 0.4) is 0 Å². The molecule has 0 spiro atoms. The van der Waals surface area contributed by atoms with Crippen LogP contribution in [0.15, 0.2) is 22.9 Å². The smallest absolute Gasteiger partial charge is 0.276 e. The molecule has 0 unspecified atom stereocenters. The van der Waals surface area contributed by atoms with Crippen molar-refractivity contribution in [3.63, 3.8) is 0 Å². The number of nitrogens with one attached hydrogen (secondary N) is 1. The molecule has 0 saturated carbocycles. The lowest BCUT2D eigenvalue weighted by Gasteiger charge is -2.23. The fourth-order valence-corrected chi connectivity index (χ4v) is 2.68. The van der Waals surface area contributed by atoms with Gasteiger partial charge in [-0.05, 0) is 19.8 Å². The Bertz CT molecular complexity index is 641. The number of carbonyl (C=O) groups is 1. The molecule has 3 rings (SSSR count). The lowest BCUT2D eigenvalue weighted by Crippen LogP contribution is -2.31. The van der Waals surface area contributed by atoms with Crippen LogP contribution < -0.4 is 5.32 Å². The SMILES string of the molecule is CNc1cc([C@H]2CCCN2C(=O)c2ccon2)nc(C)n1. The molecule has 110 valence electrons. The van der Waals surface area contributed by atoms with Gasteiger partial charge in [0.2, 0.25) is 0 Å². The minimum Gasteiger partial charge on any atom is -0.373 e.